The Labute approximate surface area is 219 Å². The monoisotopic (exact) mass is 515 g/mol. The highest BCUT2D eigenvalue weighted by Crippen LogP contribution is 2.36. The van der Waals surface area contributed by atoms with Crippen LogP contribution in [0.4, 0.5) is 15.9 Å². The first-order valence-electron chi connectivity index (χ1n) is 13.0. The molecule has 2 fully saturated rings. The first-order valence-corrected chi connectivity index (χ1v) is 13.0. The maximum Gasteiger partial charge on any atom is 0.251 e. The predicted octanol–water partition coefficient (Wildman–Crippen LogP) is 3.85. The number of nitrogens with two attached hydrogens (primary N) is 1. The molecule has 9 nitrogen and oxygen atoms in total. The summed E-state index contributed by atoms with van der Waals surface area (Å²) in [5.41, 5.74) is 10.6. The van der Waals surface area contributed by atoms with Gasteiger partial charge in [0.2, 0.25) is 0 Å². The lowest BCUT2D eigenvalue weighted by Crippen LogP contribution is -2.49. The summed E-state index contributed by atoms with van der Waals surface area (Å²) in [4.78, 5) is 23.6. The topological polar surface area (TPSA) is 111 Å². The molecule has 2 aromatic heterocycles. The van der Waals surface area contributed by atoms with E-state index in [4.69, 9.17) is 15.6 Å². The summed E-state index contributed by atoms with van der Waals surface area (Å²) >= 11 is 0. The van der Waals surface area contributed by atoms with Gasteiger partial charge in [0.25, 0.3) is 5.91 Å². The van der Waals surface area contributed by atoms with Crippen molar-refractivity contribution in [3.05, 3.63) is 66.2 Å². The first-order chi connectivity index (χ1) is 18.6. The summed E-state index contributed by atoms with van der Waals surface area (Å²) in [6, 6.07) is 14.5. The summed E-state index contributed by atoms with van der Waals surface area (Å²) in [6.07, 6.45) is 5.46. The summed E-state index contributed by atoms with van der Waals surface area (Å²) in [7, 11) is 0. The smallest absolute Gasteiger partial charge is 0.251 e. The lowest BCUT2D eigenvalue weighted by Gasteiger charge is -2.33. The van der Waals surface area contributed by atoms with Gasteiger partial charge in [-0.2, -0.15) is 5.10 Å². The van der Waals surface area contributed by atoms with Gasteiger partial charge in [-0.05, 0) is 42.7 Å². The number of carbonyl (C=O) groups is 1. The van der Waals surface area contributed by atoms with Crippen LogP contribution in [0.1, 0.15) is 37.3 Å². The van der Waals surface area contributed by atoms with Crippen LogP contribution in [-0.4, -0.2) is 51.5 Å². The summed E-state index contributed by atoms with van der Waals surface area (Å²) in [5, 5.41) is 8.68. The van der Waals surface area contributed by atoms with Crippen molar-refractivity contribution in [3.8, 4) is 11.3 Å². The van der Waals surface area contributed by atoms with Crippen molar-refractivity contribution >= 4 is 28.4 Å². The number of halogens is 1. The summed E-state index contributed by atoms with van der Waals surface area (Å²) < 4.78 is 21.0. The maximum atomic E-state index is 13.3. The molecular weight excluding hydrogens is 485 g/mol. The number of nitrogen functional groups attached to an aromatic ring is 1. The summed E-state index contributed by atoms with van der Waals surface area (Å²) in [5.74, 6) is -0.0330. The van der Waals surface area contributed by atoms with Gasteiger partial charge in [0.15, 0.2) is 11.8 Å². The Bertz CT molecular complexity index is 1430. The average molecular weight is 516 g/mol. The number of nitrogens with zero attached hydrogens (tertiary/aromatic N) is 5. The van der Waals surface area contributed by atoms with Crippen molar-refractivity contribution in [2.45, 2.75) is 44.4 Å². The standard InChI is InChI=1S/C28H30FN7O2/c29-20-9-11-21(12-10-20)35-13-14-38-23(16-35)28(37)31-15-18-5-7-19(8-6-18)25-24-26(30)32-17-33-27(24)36(34-25)22-3-1-2-4-22/h5-12,17,22-23H,1-4,13-16H2,(H,31,37)(H2,30,32,33). The summed E-state index contributed by atoms with van der Waals surface area (Å²) in [6.45, 7) is 1.87. The molecule has 2 aromatic carbocycles. The molecular formula is C28H30FN7O2. The SMILES string of the molecule is Nc1ncnc2c1c(-c1ccc(CNC(=O)C3CN(c4ccc(F)cc4)CCO3)cc1)nn2C1CCCC1. The van der Waals surface area contributed by atoms with Crippen molar-refractivity contribution in [3.63, 3.8) is 0 Å². The van der Waals surface area contributed by atoms with Gasteiger partial charge in [-0.3, -0.25) is 4.79 Å². The van der Waals surface area contributed by atoms with Gasteiger partial charge in [-0.1, -0.05) is 37.1 Å². The molecule has 2 aliphatic rings. The lowest BCUT2D eigenvalue weighted by molar-refractivity contribution is -0.133. The molecule has 6 rings (SSSR count). The van der Waals surface area contributed by atoms with E-state index in [0.717, 1.165) is 46.4 Å². The minimum atomic E-state index is -0.595. The highest BCUT2D eigenvalue weighted by molar-refractivity contribution is 5.98. The van der Waals surface area contributed by atoms with Gasteiger partial charge in [0.05, 0.1) is 24.6 Å². The van der Waals surface area contributed by atoms with Crippen LogP contribution in [0.25, 0.3) is 22.3 Å². The van der Waals surface area contributed by atoms with Crippen LogP contribution in [0.5, 0.6) is 0 Å². The van der Waals surface area contributed by atoms with E-state index >= 15 is 0 Å². The number of morpholine rings is 1. The molecule has 0 bridgehead atoms. The van der Waals surface area contributed by atoms with E-state index in [1.54, 1.807) is 12.1 Å². The molecule has 3 heterocycles. The van der Waals surface area contributed by atoms with Crippen LogP contribution in [0, 0.1) is 5.82 Å². The highest BCUT2D eigenvalue weighted by Gasteiger charge is 2.27. The fourth-order valence-electron chi connectivity index (χ4n) is 5.38. The zero-order valence-electron chi connectivity index (χ0n) is 21.0. The van der Waals surface area contributed by atoms with E-state index in [1.807, 2.05) is 33.8 Å². The molecule has 1 saturated heterocycles. The largest absolute Gasteiger partial charge is 0.383 e. The molecule has 10 heteroatoms. The molecule has 0 radical (unpaired) electrons. The van der Waals surface area contributed by atoms with E-state index < -0.39 is 6.10 Å². The molecule has 1 unspecified atom stereocenters. The normalized spacial score (nSPS) is 18.2. The predicted molar refractivity (Wildman–Crippen MR) is 143 cm³/mol. The van der Waals surface area contributed by atoms with E-state index in [9.17, 15) is 9.18 Å². The third-order valence-electron chi connectivity index (χ3n) is 7.43. The van der Waals surface area contributed by atoms with E-state index in [-0.39, 0.29) is 11.7 Å². The number of carbonyl (C=O) groups excluding carboxylic acids is 1. The van der Waals surface area contributed by atoms with Gasteiger partial charge in [0, 0.05) is 24.3 Å². The van der Waals surface area contributed by atoms with Crippen LogP contribution in [0.3, 0.4) is 0 Å². The Balaban J connectivity index is 1.13. The van der Waals surface area contributed by atoms with E-state index in [2.05, 4.69) is 15.3 Å². The highest BCUT2D eigenvalue weighted by atomic mass is 19.1. The third kappa shape index (κ3) is 4.79. The molecule has 1 saturated carbocycles. The van der Waals surface area contributed by atoms with E-state index in [1.165, 1.54) is 31.3 Å². The van der Waals surface area contributed by atoms with Crippen molar-refractivity contribution in [1.29, 1.82) is 0 Å². The first kappa shape index (κ1) is 24.3. The minimum Gasteiger partial charge on any atom is -0.383 e. The third-order valence-corrected chi connectivity index (χ3v) is 7.43. The number of ether oxygens (including phenoxy) is 1. The molecule has 196 valence electrons. The van der Waals surface area contributed by atoms with Crippen LogP contribution in [0.2, 0.25) is 0 Å². The van der Waals surface area contributed by atoms with E-state index in [0.29, 0.717) is 38.1 Å². The average Bonchev–Trinajstić information content (AvgIpc) is 3.62. The van der Waals surface area contributed by atoms with Crippen molar-refractivity contribution < 1.29 is 13.9 Å². The molecule has 0 spiro atoms. The number of hydrogen-bond donors (Lipinski definition) is 2. The Morgan fingerprint density at radius 3 is 2.61 bits per heavy atom. The Kier molecular flexibility index (Phi) is 6.63. The second kappa shape index (κ2) is 10.4. The molecule has 1 atom stereocenters. The van der Waals surface area contributed by atoms with Crippen molar-refractivity contribution in [2.24, 2.45) is 0 Å². The second-order valence-corrected chi connectivity index (χ2v) is 9.89. The van der Waals surface area contributed by atoms with Gasteiger partial charge in [-0.25, -0.2) is 19.0 Å². The number of amides is 1. The molecule has 3 N–H and O–H groups in total. The Morgan fingerprint density at radius 2 is 1.84 bits per heavy atom. The fraction of sp³-hybridized carbons (Fsp3) is 0.357. The molecule has 1 amide bonds. The number of nitrogens with one attached hydrogen (secondary N) is 1. The number of fused-ring (bicyclic) bond motifs is 1. The van der Waals surface area contributed by atoms with Crippen LogP contribution in [-0.2, 0) is 16.1 Å². The minimum absolute atomic E-state index is 0.174. The molecule has 4 aromatic rings. The zero-order valence-corrected chi connectivity index (χ0v) is 21.0. The van der Waals surface area contributed by atoms with Gasteiger partial charge in [-0.15, -0.1) is 0 Å². The zero-order chi connectivity index (χ0) is 26.1. The van der Waals surface area contributed by atoms with Crippen molar-refractivity contribution in [1.82, 2.24) is 25.1 Å². The van der Waals surface area contributed by atoms with Gasteiger partial charge >= 0.3 is 0 Å². The van der Waals surface area contributed by atoms with Gasteiger partial charge < -0.3 is 20.7 Å². The maximum absolute atomic E-state index is 13.3. The lowest BCUT2D eigenvalue weighted by atomic mass is 10.1. The number of anilines is 2. The number of benzene rings is 2. The molecule has 1 aliphatic carbocycles. The second-order valence-electron chi connectivity index (χ2n) is 9.89. The van der Waals surface area contributed by atoms with Crippen molar-refractivity contribution in [2.75, 3.05) is 30.3 Å². The fourth-order valence-corrected chi connectivity index (χ4v) is 5.38. The molecule has 1 aliphatic heterocycles. The van der Waals surface area contributed by atoms with Crippen LogP contribution in [0.15, 0.2) is 54.9 Å². The number of rotatable bonds is 6. The Hall–Kier alpha value is -4.05. The van der Waals surface area contributed by atoms with Crippen LogP contribution >= 0.6 is 0 Å². The molecule has 38 heavy (non-hydrogen) atoms. The quantitative estimate of drug-likeness (QED) is 0.401. The number of hydrogen-bond acceptors (Lipinski definition) is 7. The van der Waals surface area contributed by atoms with Crippen LogP contribution < -0.4 is 16.0 Å². The Morgan fingerprint density at radius 1 is 1.08 bits per heavy atom. The van der Waals surface area contributed by atoms with Gasteiger partial charge in [0.1, 0.15) is 23.7 Å². The number of aromatic nitrogens is 4.